The molecule has 0 spiro atoms. The number of nitrogens with zero attached hydrogens (tertiary/aromatic N) is 1. The summed E-state index contributed by atoms with van der Waals surface area (Å²) in [5.41, 5.74) is 0.879. The van der Waals surface area contributed by atoms with Crippen molar-refractivity contribution in [3.63, 3.8) is 0 Å². The molecule has 0 saturated carbocycles. The van der Waals surface area contributed by atoms with Crippen LogP contribution in [0.15, 0.2) is 49.6 Å². The third-order valence-corrected chi connectivity index (χ3v) is 4.90. The van der Waals surface area contributed by atoms with E-state index in [2.05, 4.69) is 18.5 Å². The van der Waals surface area contributed by atoms with Crippen molar-refractivity contribution in [1.82, 2.24) is 10.2 Å². The van der Waals surface area contributed by atoms with Crippen LogP contribution in [0.3, 0.4) is 0 Å². The normalized spacial score (nSPS) is 13.7. The Labute approximate surface area is 178 Å². The van der Waals surface area contributed by atoms with Crippen molar-refractivity contribution in [2.75, 3.05) is 19.5 Å². The van der Waals surface area contributed by atoms with Crippen molar-refractivity contribution in [2.45, 2.75) is 44.4 Å². The quantitative estimate of drug-likeness (QED) is 0.378. The Morgan fingerprint density at radius 1 is 1.34 bits per heavy atom. The summed E-state index contributed by atoms with van der Waals surface area (Å²) in [4.78, 5) is 26.2. The average molecular weight is 423 g/mol. The SMILES string of the molecule is C=CCCC(=O)N(C)[C@@H](C)C(=O)N[C@@H](Cc1cccc(OCC=C)c1)[C@H](O)CCl. The first-order chi connectivity index (χ1) is 13.8. The Morgan fingerprint density at radius 3 is 2.69 bits per heavy atom. The zero-order valence-electron chi connectivity index (χ0n) is 17.1. The number of rotatable bonds is 13. The van der Waals surface area contributed by atoms with Crippen molar-refractivity contribution in [2.24, 2.45) is 0 Å². The van der Waals surface area contributed by atoms with Gasteiger partial charge < -0.3 is 20.1 Å². The second-order valence-electron chi connectivity index (χ2n) is 6.80. The average Bonchev–Trinajstić information content (AvgIpc) is 2.73. The van der Waals surface area contributed by atoms with Gasteiger partial charge in [0.1, 0.15) is 18.4 Å². The predicted octanol–water partition coefficient (Wildman–Crippen LogP) is 2.69. The van der Waals surface area contributed by atoms with Gasteiger partial charge in [0.2, 0.25) is 11.8 Å². The number of carbonyl (C=O) groups excluding carboxylic acids is 2. The highest BCUT2D eigenvalue weighted by atomic mass is 35.5. The van der Waals surface area contributed by atoms with Gasteiger partial charge in [-0.2, -0.15) is 0 Å². The van der Waals surface area contributed by atoms with Crippen molar-refractivity contribution in [3.05, 3.63) is 55.1 Å². The molecular weight excluding hydrogens is 392 g/mol. The number of benzene rings is 1. The molecule has 0 bridgehead atoms. The number of hydrogen-bond donors (Lipinski definition) is 2. The molecule has 0 saturated heterocycles. The minimum Gasteiger partial charge on any atom is -0.490 e. The highest BCUT2D eigenvalue weighted by molar-refractivity contribution is 6.18. The fourth-order valence-corrected chi connectivity index (χ4v) is 2.87. The predicted molar refractivity (Wildman–Crippen MR) is 116 cm³/mol. The molecule has 160 valence electrons. The summed E-state index contributed by atoms with van der Waals surface area (Å²) in [5, 5.41) is 13.1. The second kappa shape index (κ2) is 13.0. The van der Waals surface area contributed by atoms with E-state index in [1.807, 2.05) is 24.3 Å². The molecular formula is C22H31ClN2O4. The molecule has 3 atom stereocenters. The van der Waals surface area contributed by atoms with Gasteiger partial charge in [-0.1, -0.05) is 30.9 Å². The molecule has 6 nitrogen and oxygen atoms in total. The molecule has 7 heteroatoms. The monoisotopic (exact) mass is 422 g/mol. The zero-order chi connectivity index (χ0) is 21.8. The standard InChI is InChI=1S/C22H31ClN2O4/c1-5-7-11-21(27)25(4)16(3)22(28)24-19(20(26)15-23)14-17-9-8-10-18(13-17)29-12-6-2/h5-6,8-10,13,16,19-20,26H,1-2,7,11-12,14-15H2,3-4H3,(H,24,28)/t16-,19-,20+/m0/s1. The molecule has 0 heterocycles. The Hall–Kier alpha value is -2.31. The third-order valence-electron chi connectivity index (χ3n) is 4.59. The van der Waals surface area contributed by atoms with Gasteiger partial charge in [0, 0.05) is 13.5 Å². The second-order valence-corrected chi connectivity index (χ2v) is 7.10. The highest BCUT2D eigenvalue weighted by Crippen LogP contribution is 2.16. The molecule has 0 radical (unpaired) electrons. The fraction of sp³-hybridized carbons (Fsp3) is 0.455. The van der Waals surface area contributed by atoms with Crippen LogP contribution in [0.2, 0.25) is 0 Å². The van der Waals surface area contributed by atoms with Crippen molar-refractivity contribution in [1.29, 1.82) is 0 Å². The number of likely N-dealkylation sites (N-methyl/N-ethyl adjacent to an activating group) is 1. The molecule has 0 aromatic heterocycles. The molecule has 1 aromatic carbocycles. The number of carbonyl (C=O) groups is 2. The Morgan fingerprint density at radius 2 is 2.07 bits per heavy atom. The van der Waals surface area contributed by atoms with Crippen LogP contribution in [0.5, 0.6) is 5.75 Å². The number of hydrogen-bond acceptors (Lipinski definition) is 4. The molecule has 0 fully saturated rings. The van der Waals surface area contributed by atoms with E-state index in [1.54, 1.807) is 26.1 Å². The van der Waals surface area contributed by atoms with Crippen LogP contribution in [0, 0.1) is 0 Å². The van der Waals surface area contributed by atoms with Gasteiger partial charge >= 0.3 is 0 Å². The summed E-state index contributed by atoms with van der Waals surface area (Å²) in [6.45, 7) is 9.25. The molecule has 2 amide bonds. The number of aliphatic hydroxyl groups is 1. The van der Waals surface area contributed by atoms with Gasteiger partial charge in [0.05, 0.1) is 18.0 Å². The van der Waals surface area contributed by atoms with E-state index in [9.17, 15) is 14.7 Å². The summed E-state index contributed by atoms with van der Waals surface area (Å²) in [6.07, 6.45) is 3.59. The lowest BCUT2D eigenvalue weighted by Gasteiger charge is -2.28. The molecule has 0 aliphatic rings. The van der Waals surface area contributed by atoms with Crippen LogP contribution in [0.25, 0.3) is 0 Å². The summed E-state index contributed by atoms with van der Waals surface area (Å²) in [7, 11) is 1.59. The van der Waals surface area contributed by atoms with Gasteiger partial charge in [-0.25, -0.2) is 0 Å². The minimum absolute atomic E-state index is 0.0277. The molecule has 2 N–H and O–H groups in total. The Bertz CT molecular complexity index is 695. The third kappa shape index (κ3) is 8.30. The number of allylic oxidation sites excluding steroid dienone is 1. The van der Waals surface area contributed by atoms with Crippen LogP contribution in [-0.2, 0) is 16.0 Å². The number of alkyl halides is 1. The Balaban J connectivity index is 2.83. The number of halogens is 1. The van der Waals surface area contributed by atoms with E-state index in [1.165, 1.54) is 4.90 Å². The van der Waals surface area contributed by atoms with Crippen molar-refractivity contribution < 1.29 is 19.4 Å². The smallest absolute Gasteiger partial charge is 0.242 e. The van der Waals surface area contributed by atoms with Gasteiger partial charge in [0.15, 0.2) is 0 Å². The van der Waals surface area contributed by atoms with Crippen LogP contribution in [-0.4, -0.2) is 59.5 Å². The lowest BCUT2D eigenvalue weighted by Crippen LogP contribution is -2.53. The first-order valence-corrected chi connectivity index (χ1v) is 10.1. The first kappa shape index (κ1) is 24.7. The minimum atomic E-state index is -0.938. The Kier molecular flexibility index (Phi) is 11.1. The fourth-order valence-electron chi connectivity index (χ4n) is 2.66. The summed E-state index contributed by atoms with van der Waals surface area (Å²) < 4.78 is 5.53. The lowest BCUT2D eigenvalue weighted by atomic mass is 10.0. The first-order valence-electron chi connectivity index (χ1n) is 9.57. The highest BCUT2D eigenvalue weighted by Gasteiger charge is 2.27. The van der Waals surface area contributed by atoms with Crippen LogP contribution in [0.4, 0.5) is 0 Å². The molecule has 1 aromatic rings. The topological polar surface area (TPSA) is 78.9 Å². The number of aliphatic hydroxyl groups excluding tert-OH is 1. The number of ether oxygens (including phenoxy) is 1. The summed E-state index contributed by atoms with van der Waals surface area (Å²) in [5.74, 6) is 0.149. The van der Waals surface area contributed by atoms with E-state index < -0.39 is 18.2 Å². The van der Waals surface area contributed by atoms with Crippen LogP contribution < -0.4 is 10.1 Å². The maximum absolute atomic E-state index is 12.7. The van der Waals surface area contributed by atoms with E-state index in [4.69, 9.17) is 16.3 Å². The van der Waals surface area contributed by atoms with E-state index in [0.717, 1.165) is 5.56 Å². The largest absolute Gasteiger partial charge is 0.490 e. The van der Waals surface area contributed by atoms with Gasteiger partial charge in [-0.15, -0.1) is 18.2 Å². The maximum atomic E-state index is 12.7. The van der Waals surface area contributed by atoms with Crippen molar-refractivity contribution >= 4 is 23.4 Å². The number of nitrogens with one attached hydrogen (secondary N) is 1. The van der Waals surface area contributed by atoms with Gasteiger partial charge in [0.25, 0.3) is 0 Å². The summed E-state index contributed by atoms with van der Waals surface area (Å²) >= 11 is 5.83. The van der Waals surface area contributed by atoms with Crippen molar-refractivity contribution in [3.8, 4) is 5.75 Å². The lowest BCUT2D eigenvalue weighted by molar-refractivity contribution is -0.138. The van der Waals surface area contributed by atoms with Crippen LogP contribution in [0.1, 0.15) is 25.3 Å². The maximum Gasteiger partial charge on any atom is 0.242 e. The molecule has 29 heavy (non-hydrogen) atoms. The van der Waals surface area contributed by atoms with E-state index in [0.29, 0.717) is 31.6 Å². The van der Waals surface area contributed by atoms with Gasteiger partial charge in [-0.05, 0) is 37.5 Å². The zero-order valence-corrected chi connectivity index (χ0v) is 17.9. The van der Waals surface area contributed by atoms with Gasteiger partial charge in [-0.3, -0.25) is 9.59 Å². The molecule has 0 aliphatic carbocycles. The molecule has 0 aliphatic heterocycles. The number of amides is 2. The van der Waals surface area contributed by atoms with E-state index >= 15 is 0 Å². The summed E-state index contributed by atoms with van der Waals surface area (Å²) in [6, 6.07) is 6.11. The molecule has 1 rings (SSSR count). The van der Waals surface area contributed by atoms with Crippen LogP contribution >= 0.6 is 11.6 Å². The molecule has 0 unspecified atom stereocenters. The van der Waals surface area contributed by atoms with E-state index in [-0.39, 0.29) is 17.7 Å².